The van der Waals surface area contributed by atoms with Crippen LogP contribution in [0.2, 0.25) is 0 Å². The fourth-order valence-electron chi connectivity index (χ4n) is 5.23. The van der Waals surface area contributed by atoms with Gasteiger partial charge in [-0.15, -0.1) is 0 Å². The highest BCUT2D eigenvalue weighted by molar-refractivity contribution is 5.82. The first kappa shape index (κ1) is 31.2. The number of nitrogens with one attached hydrogen (secondary N) is 1. The van der Waals surface area contributed by atoms with Crippen molar-refractivity contribution in [2.45, 2.75) is 53.5 Å². The summed E-state index contributed by atoms with van der Waals surface area (Å²) in [6, 6.07) is 21.0. The van der Waals surface area contributed by atoms with E-state index < -0.39 is 0 Å². The maximum absolute atomic E-state index is 9.18. The van der Waals surface area contributed by atoms with Crippen LogP contribution in [0.3, 0.4) is 0 Å². The molecule has 2 heterocycles. The molecule has 0 saturated carbocycles. The largest absolute Gasteiger partial charge is 0.478 e. The van der Waals surface area contributed by atoms with Crippen LogP contribution in [0.15, 0.2) is 60.7 Å². The molecule has 7 heteroatoms. The fraction of sp³-hybridized carbons (Fsp3) is 0.371. The normalized spacial score (nSPS) is 11.1. The van der Waals surface area contributed by atoms with Crippen LogP contribution in [-0.4, -0.2) is 53.2 Å². The van der Waals surface area contributed by atoms with Gasteiger partial charge in [0.15, 0.2) is 0 Å². The standard InChI is InChI=1S/C35H43N3O4/c1-5-41-34-26(11-7-8-21-39)16-18-32(37-34)30-14-9-12-28(24(30)3)29-13-10-15-31(25(29)4)33-19-17-27(23-36-20-22-40)35(38-33)42-6-2/h9-10,12-19,36,39-40H,5-8,11,20-23H2,1-4H3. The number of aliphatic hydroxyl groups is 2. The monoisotopic (exact) mass is 569 g/mol. The molecule has 0 amide bonds. The Morgan fingerprint density at radius 1 is 0.643 bits per heavy atom. The lowest BCUT2D eigenvalue weighted by molar-refractivity contribution is 0.283. The van der Waals surface area contributed by atoms with Crippen molar-refractivity contribution in [2.24, 2.45) is 0 Å². The number of hydrogen-bond donors (Lipinski definition) is 3. The average Bonchev–Trinajstić information content (AvgIpc) is 3.00. The molecule has 0 aliphatic carbocycles. The van der Waals surface area contributed by atoms with E-state index in [1.807, 2.05) is 26.0 Å². The number of unbranched alkanes of at least 4 members (excludes halogenated alkanes) is 1. The average molecular weight is 570 g/mol. The van der Waals surface area contributed by atoms with E-state index in [-0.39, 0.29) is 13.2 Å². The number of rotatable bonds is 15. The highest BCUT2D eigenvalue weighted by Gasteiger charge is 2.17. The number of aliphatic hydroxyl groups excluding tert-OH is 2. The summed E-state index contributed by atoms with van der Waals surface area (Å²) in [5.74, 6) is 1.28. The van der Waals surface area contributed by atoms with Gasteiger partial charge in [-0.25, -0.2) is 9.97 Å². The third-order valence-electron chi connectivity index (χ3n) is 7.41. The molecule has 0 fully saturated rings. The predicted octanol–water partition coefficient (Wildman–Crippen LogP) is 6.29. The van der Waals surface area contributed by atoms with Crippen molar-refractivity contribution in [3.63, 3.8) is 0 Å². The smallest absolute Gasteiger partial charge is 0.218 e. The molecule has 4 rings (SSSR count). The summed E-state index contributed by atoms with van der Waals surface area (Å²) in [5.41, 5.74) is 10.5. The molecular formula is C35H43N3O4. The van der Waals surface area contributed by atoms with Gasteiger partial charge in [0, 0.05) is 42.0 Å². The molecule has 0 unspecified atom stereocenters. The molecule has 222 valence electrons. The first-order valence-corrected chi connectivity index (χ1v) is 14.9. The van der Waals surface area contributed by atoms with E-state index in [1.54, 1.807) is 0 Å². The number of aromatic nitrogens is 2. The van der Waals surface area contributed by atoms with Crippen LogP contribution in [0.1, 0.15) is 48.9 Å². The summed E-state index contributed by atoms with van der Waals surface area (Å²) < 4.78 is 11.8. The van der Waals surface area contributed by atoms with Crippen LogP contribution < -0.4 is 14.8 Å². The molecule has 2 aromatic heterocycles. The van der Waals surface area contributed by atoms with Crippen molar-refractivity contribution in [3.05, 3.63) is 82.9 Å². The molecular weight excluding hydrogens is 526 g/mol. The number of ether oxygens (including phenoxy) is 2. The Hall–Kier alpha value is -3.78. The minimum atomic E-state index is 0.0859. The van der Waals surface area contributed by atoms with Crippen molar-refractivity contribution >= 4 is 0 Å². The van der Waals surface area contributed by atoms with Gasteiger partial charge in [0.2, 0.25) is 11.8 Å². The summed E-state index contributed by atoms with van der Waals surface area (Å²) in [5, 5.41) is 21.5. The maximum atomic E-state index is 9.18. The number of nitrogens with zero attached hydrogens (tertiary/aromatic N) is 2. The van der Waals surface area contributed by atoms with Crippen molar-refractivity contribution in [1.29, 1.82) is 0 Å². The Morgan fingerprint density at radius 2 is 1.17 bits per heavy atom. The lowest BCUT2D eigenvalue weighted by Crippen LogP contribution is -2.18. The van der Waals surface area contributed by atoms with Crippen LogP contribution >= 0.6 is 0 Å². The number of aryl methyl sites for hydroxylation is 1. The van der Waals surface area contributed by atoms with Crippen molar-refractivity contribution in [3.8, 4) is 45.4 Å². The fourth-order valence-corrected chi connectivity index (χ4v) is 5.23. The molecule has 3 N–H and O–H groups in total. The summed E-state index contributed by atoms with van der Waals surface area (Å²) >= 11 is 0. The molecule has 7 nitrogen and oxygen atoms in total. The number of pyridine rings is 2. The Kier molecular flexibility index (Phi) is 11.5. The van der Waals surface area contributed by atoms with E-state index in [2.05, 4.69) is 67.7 Å². The zero-order valence-corrected chi connectivity index (χ0v) is 25.2. The van der Waals surface area contributed by atoms with Gasteiger partial charge in [-0.2, -0.15) is 0 Å². The topological polar surface area (TPSA) is 96.7 Å². The molecule has 0 bridgehead atoms. The summed E-state index contributed by atoms with van der Waals surface area (Å²) in [4.78, 5) is 9.82. The second kappa shape index (κ2) is 15.4. The minimum absolute atomic E-state index is 0.0859. The van der Waals surface area contributed by atoms with Crippen molar-refractivity contribution in [2.75, 3.05) is 33.0 Å². The maximum Gasteiger partial charge on any atom is 0.218 e. The van der Waals surface area contributed by atoms with Crippen molar-refractivity contribution in [1.82, 2.24) is 15.3 Å². The second-order valence-electron chi connectivity index (χ2n) is 10.2. The molecule has 0 aliphatic rings. The van der Waals surface area contributed by atoms with Gasteiger partial charge in [0.05, 0.1) is 31.2 Å². The van der Waals surface area contributed by atoms with Gasteiger partial charge in [-0.1, -0.05) is 48.5 Å². The zero-order valence-electron chi connectivity index (χ0n) is 25.2. The molecule has 0 aliphatic heterocycles. The number of hydrogen-bond acceptors (Lipinski definition) is 7. The van der Waals surface area contributed by atoms with E-state index in [1.165, 1.54) is 0 Å². The van der Waals surface area contributed by atoms with Crippen molar-refractivity contribution < 1.29 is 19.7 Å². The van der Waals surface area contributed by atoms with E-state index in [0.717, 1.165) is 75.2 Å². The third kappa shape index (κ3) is 7.34. The summed E-state index contributed by atoms with van der Waals surface area (Å²) in [7, 11) is 0. The molecule has 42 heavy (non-hydrogen) atoms. The highest BCUT2D eigenvalue weighted by Crippen LogP contribution is 2.37. The lowest BCUT2D eigenvalue weighted by atomic mass is 9.89. The highest BCUT2D eigenvalue weighted by atomic mass is 16.5. The van der Waals surface area contributed by atoms with Crippen LogP contribution in [-0.2, 0) is 13.0 Å². The molecule has 0 saturated heterocycles. The van der Waals surface area contributed by atoms with E-state index in [0.29, 0.717) is 38.1 Å². The van der Waals surface area contributed by atoms with E-state index in [4.69, 9.17) is 24.5 Å². The number of benzene rings is 2. The van der Waals surface area contributed by atoms with Gasteiger partial charge in [0.1, 0.15) is 0 Å². The Morgan fingerprint density at radius 3 is 1.69 bits per heavy atom. The Bertz CT molecular complexity index is 1360. The van der Waals surface area contributed by atoms with Crippen LogP contribution in [0, 0.1) is 13.8 Å². The van der Waals surface area contributed by atoms with Gasteiger partial charge in [-0.3, -0.25) is 0 Å². The van der Waals surface area contributed by atoms with Crippen LogP contribution in [0.4, 0.5) is 0 Å². The van der Waals surface area contributed by atoms with Gasteiger partial charge < -0.3 is 25.0 Å². The molecule has 4 aromatic rings. The van der Waals surface area contributed by atoms with Crippen LogP contribution in [0.25, 0.3) is 33.6 Å². The molecule has 2 aromatic carbocycles. The molecule has 0 radical (unpaired) electrons. The lowest BCUT2D eigenvalue weighted by Gasteiger charge is -2.17. The molecule has 0 spiro atoms. The van der Waals surface area contributed by atoms with Gasteiger partial charge >= 0.3 is 0 Å². The quantitative estimate of drug-likeness (QED) is 0.145. The first-order chi connectivity index (χ1) is 20.5. The minimum Gasteiger partial charge on any atom is -0.478 e. The SMILES string of the molecule is CCOc1nc(-c2cccc(-c3cccc(-c4ccc(CNCCO)c(OCC)n4)c3C)c2C)ccc1CCCCO. The first-order valence-electron chi connectivity index (χ1n) is 14.9. The zero-order chi connectivity index (χ0) is 29.9. The summed E-state index contributed by atoms with van der Waals surface area (Å²) in [6.07, 6.45) is 2.49. The predicted molar refractivity (Wildman–Crippen MR) is 169 cm³/mol. The van der Waals surface area contributed by atoms with E-state index >= 15 is 0 Å². The van der Waals surface area contributed by atoms with Gasteiger partial charge in [0.25, 0.3) is 0 Å². The Balaban J connectivity index is 1.70. The van der Waals surface area contributed by atoms with E-state index in [9.17, 15) is 5.11 Å². The summed E-state index contributed by atoms with van der Waals surface area (Å²) in [6.45, 7) is 10.7. The van der Waals surface area contributed by atoms with Crippen LogP contribution in [0.5, 0.6) is 11.8 Å². The molecule has 0 atom stereocenters. The van der Waals surface area contributed by atoms with Gasteiger partial charge in [-0.05, 0) is 81.3 Å². The third-order valence-corrected chi connectivity index (χ3v) is 7.41. The Labute approximate surface area is 249 Å². The second-order valence-corrected chi connectivity index (χ2v) is 10.2.